The van der Waals surface area contributed by atoms with E-state index < -0.39 is 5.91 Å². The summed E-state index contributed by atoms with van der Waals surface area (Å²) in [5.74, 6) is -0.443. The Balaban J connectivity index is 0.000000232. The Morgan fingerprint density at radius 2 is 1.23 bits per heavy atom. The summed E-state index contributed by atoms with van der Waals surface area (Å²) in [6.45, 7) is 24.1. The molecule has 0 bridgehead atoms. The second-order valence-electron chi connectivity index (χ2n) is 14.1. The number of nitrogens with one attached hydrogen (secondary N) is 1. The van der Waals surface area contributed by atoms with Gasteiger partial charge in [-0.25, -0.2) is 0 Å². The van der Waals surface area contributed by atoms with E-state index in [1.807, 2.05) is 41.5 Å². The molecule has 2 aliphatic heterocycles. The molecule has 0 aliphatic carbocycles. The number of allylic oxidation sites excluding steroid dienone is 3. The molecule has 3 N–H and O–H groups in total. The molecule has 0 radical (unpaired) electrons. The summed E-state index contributed by atoms with van der Waals surface area (Å²) in [6.07, 6.45) is 2.79. The standard InChI is InChI=1S/2C22H25N3O.Pd/c1-12-7-13(2)9-18(8-12)19(20-14(3)10-15(4)24-20)22-16(5)21(23-11-26)17(6)25-22;1-11-7-12(2)9-17(8-11)19(20-13(3)10-14(4)24-20)21-15(5)18(22(23)26)16(6)25-21;/h7-11H,1-6H3,(H2,23,24,25,26);7-10H,1-6H3,(H3,23,24,25,26);/q;;+2/p-2. The summed E-state index contributed by atoms with van der Waals surface area (Å²) in [4.78, 5) is 41.9. The molecule has 2 aromatic carbocycles. The first-order valence-electron chi connectivity index (χ1n) is 17.4. The Morgan fingerprint density at radius 3 is 1.64 bits per heavy atom. The van der Waals surface area contributed by atoms with Crippen LogP contribution in [0.3, 0.4) is 0 Å². The Hall–Kier alpha value is -5.10. The largest absolute Gasteiger partial charge is 2.00 e. The summed E-state index contributed by atoms with van der Waals surface area (Å²) in [6, 6.07) is 15.0. The van der Waals surface area contributed by atoms with Crippen LogP contribution in [0.4, 0.5) is 5.69 Å². The first kappa shape index (κ1) is 40.7. The van der Waals surface area contributed by atoms with Gasteiger partial charge in [0.25, 0.3) is 5.91 Å². The zero-order chi connectivity index (χ0) is 38.2. The van der Waals surface area contributed by atoms with Gasteiger partial charge >= 0.3 is 20.4 Å². The third kappa shape index (κ3) is 8.43. The molecule has 0 saturated heterocycles. The molecule has 0 unspecified atom stereocenters. The van der Waals surface area contributed by atoms with Crippen LogP contribution in [0.2, 0.25) is 0 Å². The molecule has 2 aliphatic rings. The minimum absolute atomic E-state index is 0. The minimum Gasteiger partial charge on any atom is -0.661 e. The molecular weight excluding hydrogens is 751 g/mol. The topological polar surface area (TPSA) is 125 Å². The maximum absolute atomic E-state index is 11.9. The number of aryl methyl sites for hydroxylation is 7. The van der Waals surface area contributed by atoms with Crippen molar-refractivity contribution in [2.45, 2.75) is 83.1 Å². The molecule has 0 atom stereocenters. The van der Waals surface area contributed by atoms with E-state index in [1.54, 1.807) is 0 Å². The van der Waals surface area contributed by atoms with Crippen molar-refractivity contribution in [1.29, 1.82) is 0 Å². The fourth-order valence-corrected chi connectivity index (χ4v) is 7.39. The average molecular weight is 799 g/mol. The molecule has 6 rings (SSSR count). The van der Waals surface area contributed by atoms with Gasteiger partial charge in [0, 0.05) is 11.4 Å². The van der Waals surface area contributed by atoms with E-state index in [1.165, 1.54) is 22.3 Å². The summed E-state index contributed by atoms with van der Waals surface area (Å²) < 4.78 is 0. The zero-order valence-electron chi connectivity index (χ0n) is 32.7. The normalized spacial score (nSPS) is 15.6. The van der Waals surface area contributed by atoms with Crippen LogP contribution in [0, 0.1) is 55.4 Å². The summed E-state index contributed by atoms with van der Waals surface area (Å²) in [5, 5.41) is 2.79. The third-order valence-electron chi connectivity index (χ3n) is 9.33. The van der Waals surface area contributed by atoms with E-state index in [9.17, 15) is 9.59 Å². The first-order valence-corrected chi connectivity index (χ1v) is 17.4. The number of amides is 2. The second kappa shape index (κ2) is 16.3. The van der Waals surface area contributed by atoms with E-state index in [4.69, 9.17) is 25.7 Å². The number of aliphatic imine (C=N–C) groups is 2. The fraction of sp³-hybridized carbons (Fsp3) is 0.273. The molecule has 9 heteroatoms. The maximum Gasteiger partial charge on any atom is 2.00 e. The van der Waals surface area contributed by atoms with Crippen molar-refractivity contribution in [2.75, 3.05) is 5.32 Å². The molecule has 4 heterocycles. The number of primary amides is 1. The number of hydrogen-bond donors (Lipinski definition) is 2. The summed E-state index contributed by atoms with van der Waals surface area (Å²) in [5.41, 5.74) is 26.7. The van der Waals surface area contributed by atoms with Gasteiger partial charge in [0.2, 0.25) is 6.41 Å². The van der Waals surface area contributed by atoms with Crippen molar-refractivity contribution in [3.8, 4) is 0 Å². The number of nitrogens with zero attached hydrogens (tertiary/aromatic N) is 4. The number of benzene rings is 2. The maximum atomic E-state index is 11.9. The van der Waals surface area contributed by atoms with Crippen molar-refractivity contribution in [2.24, 2.45) is 15.7 Å². The Labute approximate surface area is 327 Å². The molecule has 4 aromatic rings. The minimum atomic E-state index is -0.443. The number of nitrogens with two attached hydrogens (primary N) is 1. The van der Waals surface area contributed by atoms with Gasteiger partial charge < -0.3 is 21.0 Å². The monoisotopic (exact) mass is 798 g/mol. The van der Waals surface area contributed by atoms with Crippen LogP contribution in [-0.4, -0.2) is 23.7 Å². The number of hydrogen-bond acceptors (Lipinski definition) is 4. The molecule has 276 valence electrons. The first-order chi connectivity index (χ1) is 24.5. The van der Waals surface area contributed by atoms with Gasteiger partial charge in [-0.2, -0.15) is 5.69 Å². The van der Waals surface area contributed by atoms with Crippen molar-refractivity contribution in [3.63, 3.8) is 0 Å². The number of carbonyl (C=O) groups is 2. The van der Waals surface area contributed by atoms with Gasteiger partial charge in [0.15, 0.2) is 0 Å². The van der Waals surface area contributed by atoms with E-state index in [0.29, 0.717) is 17.7 Å². The molecule has 0 spiro atoms. The molecule has 0 fully saturated rings. The number of carbonyl (C=O) groups excluding carboxylic acids is 2. The fourth-order valence-electron chi connectivity index (χ4n) is 7.39. The van der Waals surface area contributed by atoms with E-state index in [0.717, 1.165) is 90.1 Å². The summed E-state index contributed by atoms with van der Waals surface area (Å²) >= 11 is 0. The van der Waals surface area contributed by atoms with Crippen LogP contribution in [-0.2, 0) is 30.0 Å². The van der Waals surface area contributed by atoms with Crippen molar-refractivity contribution in [1.82, 2.24) is 9.97 Å². The number of rotatable bonds is 7. The number of anilines is 1. The molecule has 53 heavy (non-hydrogen) atoms. The van der Waals surface area contributed by atoms with E-state index in [-0.39, 0.29) is 20.4 Å². The molecule has 0 saturated carbocycles. The molecular formula is C44H48N6O2Pd. The Kier molecular flexibility index (Phi) is 12.5. The van der Waals surface area contributed by atoms with Crippen molar-refractivity contribution < 1.29 is 30.0 Å². The SMILES string of the molecule is CC1=CC(C)=N/C1=C(/c1cc(C)cc(C)c1)c1[n-]c(C)c(NC=O)c1C.CC1=N/C(=C(/c2cc(C)cc(C)c2)c2[n-]c(C)cc2C)C(C)=C1C(N)=O.[Pd+2]. The summed E-state index contributed by atoms with van der Waals surface area (Å²) in [7, 11) is 0. The molecule has 8 nitrogen and oxygen atoms in total. The third-order valence-corrected chi connectivity index (χ3v) is 9.33. The van der Waals surface area contributed by atoms with Crippen molar-refractivity contribution in [3.05, 3.63) is 144 Å². The quantitative estimate of drug-likeness (QED) is 0.144. The van der Waals surface area contributed by atoms with Crippen molar-refractivity contribution >= 4 is 40.6 Å². The van der Waals surface area contributed by atoms with Gasteiger partial charge in [-0.3, -0.25) is 19.6 Å². The second-order valence-corrected chi connectivity index (χ2v) is 14.1. The van der Waals surface area contributed by atoms with Crippen LogP contribution >= 0.6 is 0 Å². The predicted molar refractivity (Wildman–Crippen MR) is 214 cm³/mol. The van der Waals surface area contributed by atoms with E-state index in [2.05, 4.69) is 95.4 Å². The van der Waals surface area contributed by atoms with Gasteiger partial charge in [-0.15, -0.1) is 17.1 Å². The molecule has 2 aromatic heterocycles. The van der Waals surface area contributed by atoms with Crippen LogP contribution in [0.15, 0.2) is 86.6 Å². The zero-order valence-corrected chi connectivity index (χ0v) is 34.2. The predicted octanol–water partition coefficient (Wildman–Crippen LogP) is 8.54. The van der Waals surface area contributed by atoms with Crippen LogP contribution in [0.25, 0.3) is 11.1 Å². The van der Waals surface area contributed by atoms with Gasteiger partial charge in [0.1, 0.15) is 0 Å². The molecule has 2 amide bonds. The van der Waals surface area contributed by atoms with Crippen LogP contribution in [0.1, 0.15) is 95.0 Å². The Bertz CT molecular complexity index is 2300. The Morgan fingerprint density at radius 1 is 0.698 bits per heavy atom. The van der Waals surface area contributed by atoms with E-state index >= 15 is 0 Å². The smallest absolute Gasteiger partial charge is 0.661 e. The average Bonchev–Trinajstić information content (AvgIpc) is 3.72. The van der Waals surface area contributed by atoms with Gasteiger partial charge in [0.05, 0.1) is 22.7 Å². The van der Waals surface area contributed by atoms with Crippen LogP contribution in [0.5, 0.6) is 0 Å². The van der Waals surface area contributed by atoms with Gasteiger partial charge in [-0.1, -0.05) is 84.1 Å². The van der Waals surface area contributed by atoms with Crippen LogP contribution < -0.4 is 21.0 Å². The van der Waals surface area contributed by atoms with Gasteiger partial charge in [-0.05, 0) is 114 Å². The number of aromatic nitrogens is 2.